The molecular weight excluding hydrogens is 278 g/mol. The van der Waals surface area contributed by atoms with E-state index < -0.39 is 0 Å². The highest BCUT2D eigenvalue weighted by Crippen LogP contribution is 2.47. The Bertz CT molecular complexity index is 455. The minimum Gasteiger partial charge on any atom is -0.375 e. The van der Waals surface area contributed by atoms with E-state index in [1.165, 1.54) is 42.6 Å². The highest BCUT2D eigenvalue weighted by molar-refractivity contribution is 7.98. The molecule has 1 aliphatic carbocycles. The molecule has 0 bridgehead atoms. The lowest BCUT2D eigenvalue weighted by atomic mass is 9.69. The number of hydrogen-bond donors (Lipinski definition) is 1. The number of rotatable bonds is 5. The summed E-state index contributed by atoms with van der Waals surface area (Å²) >= 11 is 1.81. The summed E-state index contributed by atoms with van der Waals surface area (Å²) in [4.78, 5) is 1.34. The zero-order valence-corrected chi connectivity index (χ0v) is 14.0. The van der Waals surface area contributed by atoms with Gasteiger partial charge in [-0.15, -0.1) is 11.8 Å². The van der Waals surface area contributed by atoms with Gasteiger partial charge in [0.15, 0.2) is 0 Å². The molecule has 2 nitrogen and oxygen atoms in total. The summed E-state index contributed by atoms with van der Waals surface area (Å²) in [6, 6.07) is 9.60. The maximum Gasteiger partial charge on any atom is 0.0686 e. The van der Waals surface area contributed by atoms with Gasteiger partial charge in [-0.2, -0.15) is 0 Å². The number of benzene rings is 1. The van der Waals surface area contributed by atoms with Crippen molar-refractivity contribution in [2.24, 2.45) is 5.92 Å². The van der Waals surface area contributed by atoms with Crippen LogP contribution in [0.15, 0.2) is 29.2 Å². The fourth-order valence-electron chi connectivity index (χ4n) is 3.86. The molecule has 21 heavy (non-hydrogen) atoms. The molecule has 3 heteroatoms. The molecule has 0 radical (unpaired) electrons. The van der Waals surface area contributed by atoms with Crippen LogP contribution in [0, 0.1) is 5.92 Å². The van der Waals surface area contributed by atoms with E-state index in [9.17, 15) is 0 Å². The number of hydrogen-bond acceptors (Lipinski definition) is 3. The lowest BCUT2D eigenvalue weighted by molar-refractivity contribution is -0.147. The SMILES string of the molecule is CCNC(c1ccc(SC)cc1)C1CCOC2(CCC2)C1. The first-order valence-electron chi connectivity index (χ1n) is 8.28. The van der Waals surface area contributed by atoms with Crippen molar-refractivity contribution in [2.45, 2.75) is 55.6 Å². The third-order valence-electron chi connectivity index (χ3n) is 5.17. The minimum absolute atomic E-state index is 0.232. The first kappa shape index (κ1) is 15.4. The van der Waals surface area contributed by atoms with E-state index in [0.717, 1.165) is 13.2 Å². The molecule has 2 atom stereocenters. The molecule has 1 saturated heterocycles. The van der Waals surface area contributed by atoms with Gasteiger partial charge >= 0.3 is 0 Å². The Hall–Kier alpha value is -0.510. The van der Waals surface area contributed by atoms with Gasteiger partial charge in [-0.05, 0) is 68.5 Å². The van der Waals surface area contributed by atoms with E-state index in [2.05, 4.69) is 42.8 Å². The lowest BCUT2D eigenvalue weighted by Crippen LogP contribution is -2.48. The number of ether oxygens (including phenoxy) is 1. The lowest BCUT2D eigenvalue weighted by Gasteiger charge is -2.49. The standard InChI is InChI=1S/C18H27NOS/c1-3-19-17(14-5-7-16(21-2)8-6-14)15-9-12-20-18(13-15)10-4-11-18/h5-8,15,17,19H,3-4,9-13H2,1-2H3. The highest BCUT2D eigenvalue weighted by atomic mass is 32.2. The third kappa shape index (κ3) is 3.30. The van der Waals surface area contributed by atoms with Crippen molar-refractivity contribution in [1.29, 1.82) is 0 Å². The molecule has 1 aromatic carbocycles. The molecule has 1 aromatic rings. The topological polar surface area (TPSA) is 21.3 Å². The second-order valence-corrected chi connectivity index (χ2v) is 7.33. The average Bonchev–Trinajstić information content (AvgIpc) is 2.51. The normalized spacial score (nSPS) is 25.5. The van der Waals surface area contributed by atoms with Gasteiger partial charge in [0, 0.05) is 17.5 Å². The van der Waals surface area contributed by atoms with Crippen molar-refractivity contribution in [2.75, 3.05) is 19.4 Å². The van der Waals surface area contributed by atoms with Crippen LogP contribution >= 0.6 is 11.8 Å². The Morgan fingerprint density at radius 3 is 2.67 bits per heavy atom. The first-order chi connectivity index (χ1) is 10.3. The summed E-state index contributed by atoms with van der Waals surface area (Å²) in [5.41, 5.74) is 1.67. The average molecular weight is 305 g/mol. The Morgan fingerprint density at radius 1 is 1.33 bits per heavy atom. The monoisotopic (exact) mass is 305 g/mol. The van der Waals surface area contributed by atoms with Crippen molar-refractivity contribution in [3.8, 4) is 0 Å². The predicted molar refractivity (Wildman–Crippen MR) is 89.9 cm³/mol. The molecule has 1 saturated carbocycles. The molecule has 1 aliphatic heterocycles. The predicted octanol–water partition coefficient (Wildman–Crippen LogP) is 4.41. The Balaban J connectivity index is 1.76. The fraction of sp³-hybridized carbons (Fsp3) is 0.667. The van der Waals surface area contributed by atoms with Crippen molar-refractivity contribution in [1.82, 2.24) is 5.32 Å². The van der Waals surface area contributed by atoms with E-state index in [0.29, 0.717) is 12.0 Å². The molecule has 1 spiro atoms. The van der Waals surface area contributed by atoms with Crippen LogP contribution in [0.2, 0.25) is 0 Å². The van der Waals surface area contributed by atoms with Gasteiger partial charge in [-0.25, -0.2) is 0 Å². The quantitative estimate of drug-likeness (QED) is 0.814. The molecule has 2 aliphatic rings. The molecule has 116 valence electrons. The molecule has 2 unspecified atom stereocenters. The summed E-state index contributed by atoms with van der Waals surface area (Å²) in [5, 5.41) is 3.73. The van der Waals surface area contributed by atoms with Gasteiger partial charge < -0.3 is 10.1 Å². The number of nitrogens with one attached hydrogen (secondary N) is 1. The highest BCUT2D eigenvalue weighted by Gasteiger charge is 2.44. The van der Waals surface area contributed by atoms with E-state index in [1.807, 2.05) is 11.8 Å². The molecule has 1 heterocycles. The van der Waals surface area contributed by atoms with Gasteiger partial charge in [0.2, 0.25) is 0 Å². The maximum atomic E-state index is 6.10. The Kier molecular flexibility index (Phi) is 4.92. The molecule has 2 fully saturated rings. The second-order valence-electron chi connectivity index (χ2n) is 6.45. The van der Waals surface area contributed by atoms with Gasteiger partial charge in [0.25, 0.3) is 0 Å². The summed E-state index contributed by atoms with van der Waals surface area (Å²) in [6.45, 7) is 4.18. The Labute approximate surface area is 133 Å². The van der Waals surface area contributed by atoms with Gasteiger partial charge in [-0.3, -0.25) is 0 Å². The van der Waals surface area contributed by atoms with Gasteiger partial charge in [0.05, 0.1) is 5.60 Å². The second kappa shape index (κ2) is 6.72. The van der Waals surface area contributed by atoms with E-state index in [1.54, 1.807) is 0 Å². The van der Waals surface area contributed by atoms with E-state index in [4.69, 9.17) is 4.74 Å². The molecule has 0 aromatic heterocycles. The molecule has 1 N–H and O–H groups in total. The van der Waals surface area contributed by atoms with Gasteiger partial charge in [-0.1, -0.05) is 19.1 Å². The maximum absolute atomic E-state index is 6.10. The molecule has 3 rings (SSSR count). The third-order valence-corrected chi connectivity index (χ3v) is 5.91. The van der Waals surface area contributed by atoms with Crippen molar-refractivity contribution >= 4 is 11.8 Å². The largest absolute Gasteiger partial charge is 0.375 e. The zero-order chi connectivity index (χ0) is 14.7. The first-order valence-corrected chi connectivity index (χ1v) is 9.50. The number of thioether (sulfide) groups is 1. The van der Waals surface area contributed by atoms with Crippen LogP contribution < -0.4 is 5.32 Å². The Morgan fingerprint density at radius 2 is 2.10 bits per heavy atom. The minimum atomic E-state index is 0.232. The molecular formula is C18H27NOS. The molecule has 0 amide bonds. The summed E-state index contributed by atoms with van der Waals surface area (Å²) in [6.07, 6.45) is 8.44. The van der Waals surface area contributed by atoms with Crippen molar-refractivity contribution in [3.05, 3.63) is 29.8 Å². The van der Waals surface area contributed by atoms with Crippen LogP contribution in [0.5, 0.6) is 0 Å². The van der Waals surface area contributed by atoms with Crippen molar-refractivity contribution in [3.63, 3.8) is 0 Å². The van der Waals surface area contributed by atoms with Crippen LogP contribution in [-0.2, 0) is 4.74 Å². The van der Waals surface area contributed by atoms with E-state index >= 15 is 0 Å². The van der Waals surface area contributed by atoms with Crippen LogP contribution in [0.1, 0.15) is 50.6 Å². The van der Waals surface area contributed by atoms with Crippen molar-refractivity contribution < 1.29 is 4.74 Å². The van der Waals surface area contributed by atoms with Crippen LogP contribution in [0.3, 0.4) is 0 Å². The fourth-order valence-corrected chi connectivity index (χ4v) is 4.27. The summed E-state index contributed by atoms with van der Waals surface area (Å²) in [7, 11) is 0. The zero-order valence-electron chi connectivity index (χ0n) is 13.2. The summed E-state index contributed by atoms with van der Waals surface area (Å²) in [5.74, 6) is 0.708. The van der Waals surface area contributed by atoms with Crippen LogP contribution in [0.25, 0.3) is 0 Å². The van der Waals surface area contributed by atoms with Crippen LogP contribution in [0.4, 0.5) is 0 Å². The smallest absolute Gasteiger partial charge is 0.0686 e. The van der Waals surface area contributed by atoms with Gasteiger partial charge in [0.1, 0.15) is 0 Å². The van der Waals surface area contributed by atoms with E-state index in [-0.39, 0.29) is 5.60 Å². The summed E-state index contributed by atoms with van der Waals surface area (Å²) < 4.78 is 6.10. The van der Waals surface area contributed by atoms with Crippen LogP contribution in [-0.4, -0.2) is 25.0 Å².